The summed E-state index contributed by atoms with van der Waals surface area (Å²) < 4.78 is 1.72. The molecule has 0 aliphatic heterocycles. The fourth-order valence-corrected chi connectivity index (χ4v) is 2.26. The van der Waals surface area contributed by atoms with E-state index in [2.05, 4.69) is 4.98 Å². The Balaban J connectivity index is 2.41. The molecule has 5 nitrogen and oxygen atoms in total. The quantitative estimate of drug-likeness (QED) is 0.915. The Kier molecular flexibility index (Phi) is 3.29. The molecule has 0 bridgehead atoms. The van der Waals surface area contributed by atoms with Crippen LogP contribution in [0, 0.1) is 13.8 Å². The van der Waals surface area contributed by atoms with Crippen LogP contribution in [0.5, 0.6) is 0 Å². The minimum atomic E-state index is -1.21. The van der Waals surface area contributed by atoms with E-state index in [1.54, 1.807) is 22.8 Å². The smallest absolute Gasteiger partial charge is 0.341 e. The molecule has 0 unspecified atom stereocenters. The van der Waals surface area contributed by atoms with Crippen molar-refractivity contribution >= 4 is 17.3 Å². The molecule has 18 heavy (non-hydrogen) atoms. The highest BCUT2D eigenvalue weighted by molar-refractivity contribution is 7.09. The number of nitrogens with zero attached hydrogens (tertiary/aromatic N) is 2. The summed E-state index contributed by atoms with van der Waals surface area (Å²) in [6, 6.07) is 1.34. The highest BCUT2D eigenvalue weighted by atomic mass is 32.1. The number of carbonyl (C=O) groups is 1. The minimum Gasteiger partial charge on any atom is -0.477 e. The molecule has 0 aliphatic rings. The lowest BCUT2D eigenvalue weighted by Crippen LogP contribution is -2.19. The largest absolute Gasteiger partial charge is 0.477 e. The highest BCUT2D eigenvalue weighted by Gasteiger charge is 2.11. The van der Waals surface area contributed by atoms with Crippen LogP contribution >= 0.6 is 11.3 Å². The molecule has 2 rings (SSSR count). The van der Waals surface area contributed by atoms with Crippen molar-refractivity contribution in [1.29, 1.82) is 0 Å². The number of pyridine rings is 1. The summed E-state index contributed by atoms with van der Waals surface area (Å²) in [5.74, 6) is -1.21. The topological polar surface area (TPSA) is 72.2 Å². The molecule has 2 aromatic heterocycles. The molecule has 0 atom stereocenters. The standard InChI is InChI=1S/C12H12N2O3S/c1-7-3-11(15)10(12(16)17)5-14(7)4-9-6-18-8(2)13-9/h3,5-6H,4H2,1-2H3,(H,16,17). The van der Waals surface area contributed by atoms with Gasteiger partial charge < -0.3 is 9.67 Å². The van der Waals surface area contributed by atoms with Gasteiger partial charge in [-0.05, 0) is 13.8 Å². The molecular weight excluding hydrogens is 252 g/mol. The van der Waals surface area contributed by atoms with E-state index in [1.807, 2.05) is 12.3 Å². The Morgan fingerprint density at radius 3 is 2.78 bits per heavy atom. The molecule has 2 heterocycles. The van der Waals surface area contributed by atoms with Crippen molar-refractivity contribution in [2.24, 2.45) is 0 Å². The van der Waals surface area contributed by atoms with E-state index in [9.17, 15) is 9.59 Å². The number of thiazole rings is 1. The molecule has 0 spiro atoms. The van der Waals surface area contributed by atoms with Crippen molar-refractivity contribution in [1.82, 2.24) is 9.55 Å². The normalized spacial score (nSPS) is 10.6. The van der Waals surface area contributed by atoms with Crippen LogP contribution in [-0.4, -0.2) is 20.6 Å². The van der Waals surface area contributed by atoms with E-state index in [0.717, 1.165) is 16.4 Å². The first-order valence-corrected chi connectivity index (χ1v) is 6.20. The molecule has 0 radical (unpaired) electrons. The van der Waals surface area contributed by atoms with Crippen molar-refractivity contribution < 1.29 is 9.90 Å². The summed E-state index contributed by atoms with van der Waals surface area (Å²) in [4.78, 5) is 26.7. The van der Waals surface area contributed by atoms with E-state index in [-0.39, 0.29) is 5.56 Å². The second-order valence-corrected chi connectivity index (χ2v) is 5.05. The zero-order valence-electron chi connectivity index (χ0n) is 10.0. The third kappa shape index (κ3) is 2.48. The lowest BCUT2D eigenvalue weighted by atomic mass is 10.2. The van der Waals surface area contributed by atoms with Gasteiger partial charge >= 0.3 is 5.97 Å². The van der Waals surface area contributed by atoms with Gasteiger partial charge in [0.2, 0.25) is 0 Å². The Morgan fingerprint density at radius 2 is 2.22 bits per heavy atom. The first kappa shape index (κ1) is 12.5. The summed E-state index contributed by atoms with van der Waals surface area (Å²) in [5, 5.41) is 11.8. The monoisotopic (exact) mass is 264 g/mol. The van der Waals surface area contributed by atoms with Gasteiger partial charge in [0, 0.05) is 23.3 Å². The van der Waals surface area contributed by atoms with Crippen LogP contribution in [-0.2, 0) is 6.54 Å². The molecule has 0 fully saturated rings. The minimum absolute atomic E-state index is 0.215. The maximum Gasteiger partial charge on any atom is 0.341 e. The molecule has 0 aromatic carbocycles. The molecule has 6 heteroatoms. The van der Waals surface area contributed by atoms with Gasteiger partial charge in [-0.2, -0.15) is 0 Å². The van der Waals surface area contributed by atoms with Crippen LogP contribution in [0.4, 0.5) is 0 Å². The number of aryl methyl sites for hydroxylation is 2. The van der Waals surface area contributed by atoms with E-state index in [1.165, 1.54) is 12.3 Å². The third-order valence-corrected chi connectivity index (χ3v) is 3.40. The van der Waals surface area contributed by atoms with E-state index in [4.69, 9.17) is 5.11 Å². The average molecular weight is 264 g/mol. The van der Waals surface area contributed by atoms with Crippen LogP contribution in [0.25, 0.3) is 0 Å². The van der Waals surface area contributed by atoms with Gasteiger partial charge in [0.15, 0.2) is 5.43 Å². The van der Waals surface area contributed by atoms with Crippen LogP contribution in [0.2, 0.25) is 0 Å². The van der Waals surface area contributed by atoms with Gasteiger partial charge in [0.1, 0.15) is 5.56 Å². The van der Waals surface area contributed by atoms with Crippen molar-refractivity contribution in [3.8, 4) is 0 Å². The molecule has 0 saturated heterocycles. The molecule has 0 amide bonds. The summed E-state index contributed by atoms with van der Waals surface area (Å²) in [6.45, 7) is 4.15. The van der Waals surface area contributed by atoms with Crippen molar-refractivity contribution in [3.63, 3.8) is 0 Å². The Labute approximate surface area is 107 Å². The SMILES string of the molecule is Cc1nc(Cn2cc(C(=O)O)c(=O)cc2C)cs1. The van der Waals surface area contributed by atoms with Crippen LogP contribution in [0.3, 0.4) is 0 Å². The molecular formula is C12H12N2O3S. The number of aromatic carboxylic acids is 1. The van der Waals surface area contributed by atoms with Crippen molar-refractivity contribution in [2.45, 2.75) is 20.4 Å². The van der Waals surface area contributed by atoms with Crippen molar-refractivity contribution in [2.75, 3.05) is 0 Å². The molecule has 0 saturated carbocycles. The van der Waals surface area contributed by atoms with Crippen molar-refractivity contribution in [3.05, 3.63) is 49.8 Å². The third-order valence-electron chi connectivity index (χ3n) is 2.57. The second kappa shape index (κ2) is 4.73. The maximum absolute atomic E-state index is 11.5. The van der Waals surface area contributed by atoms with Gasteiger partial charge in [-0.15, -0.1) is 11.3 Å². The number of carboxylic acid groups (broad SMARTS) is 1. The van der Waals surface area contributed by atoms with E-state index in [0.29, 0.717) is 6.54 Å². The van der Waals surface area contributed by atoms with Gasteiger partial charge in [-0.3, -0.25) is 4.79 Å². The fourth-order valence-electron chi connectivity index (χ4n) is 1.66. The first-order chi connectivity index (χ1) is 8.47. The van der Waals surface area contributed by atoms with Gasteiger partial charge in [0.25, 0.3) is 0 Å². The fraction of sp³-hybridized carbons (Fsp3) is 0.250. The van der Waals surface area contributed by atoms with Crippen LogP contribution in [0.15, 0.2) is 22.4 Å². The average Bonchev–Trinajstić information content (AvgIpc) is 2.67. The predicted molar refractivity (Wildman–Crippen MR) is 68.4 cm³/mol. The van der Waals surface area contributed by atoms with E-state index >= 15 is 0 Å². The molecule has 94 valence electrons. The summed E-state index contributed by atoms with van der Waals surface area (Å²) in [7, 11) is 0. The number of hydrogen-bond acceptors (Lipinski definition) is 4. The number of rotatable bonds is 3. The Morgan fingerprint density at radius 1 is 1.50 bits per heavy atom. The Bertz CT molecular complexity index is 658. The summed E-state index contributed by atoms with van der Waals surface area (Å²) in [6.07, 6.45) is 1.37. The van der Waals surface area contributed by atoms with Gasteiger partial charge in [-0.25, -0.2) is 9.78 Å². The maximum atomic E-state index is 11.5. The van der Waals surface area contributed by atoms with E-state index < -0.39 is 11.4 Å². The Hall–Kier alpha value is -1.95. The van der Waals surface area contributed by atoms with Gasteiger partial charge in [-0.1, -0.05) is 0 Å². The number of aromatic nitrogens is 2. The second-order valence-electron chi connectivity index (χ2n) is 3.98. The molecule has 2 aromatic rings. The summed E-state index contributed by atoms with van der Waals surface area (Å²) in [5.41, 5.74) is 0.898. The summed E-state index contributed by atoms with van der Waals surface area (Å²) >= 11 is 1.54. The molecule has 1 N–H and O–H groups in total. The zero-order valence-corrected chi connectivity index (χ0v) is 10.8. The first-order valence-electron chi connectivity index (χ1n) is 5.33. The number of carboxylic acids is 1. The molecule has 0 aliphatic carbocycles. The highest BCUT2D eigenvalue weighted by Crippen LogP contribution is 2.10. The lowest BCUT2D eigenvalue weighted by molar-refractivity contribution is 0.0694. The number of hydrogen-bond donors (Lipinski definition) is 1. The van der Waals surface area contributed by atoms with Crippen LogP contribution < -0.4 is 5.43 Å². The lowest BCUT2D eigenvalue weighted by Gasteiger charge is -2.09. The van der Waals surface area contributed by atoms with Gasteiger partial charge in [0.05, 0.1) is 17.2 Å². The van der Waals surface area contributed by atoms with Crippen LogP contribution in [0.1, 0.15) is 26.8 Å². The predicted octanol–water partition coefficient (Wildman–Crippen LogP) is 1.67. The zero-order chi connectivity index (χ0) is 13.3.